The van der Waals surface area contributed by atoms with Gasteiger partial charge < -0.3 is 10.1 Å². The van der Waals surface area contributed by atoms with Crippen LogP contribution in [0.25, 0.3) is 0 Å². The molecule has 1 atom stereocenters. The molecule has 25 heavy (non-hydrogen) atoms. The maximum atomic E-state index is 13.7. The number of nitrogens with one attached hydrogen (secondary N) is 1. The van der Waals surface area contributed by atoms with Gasteiger partial charge in [0.1, 0.15) is 11.6 Å². The smallest absolute Gasteiger partial charge is 0.267 e. The number of ether oxygens (including phenoxy) is 1. The second-order valence-corrected chi connectivity index (χ2v) is 7.82. The molecular formula is C16H14ClFN2O4S. The quantitative estimate of drug-likeness (QED) is 0.882. The number of hydrogen-bond donors (Lipinski definition) is 1. The molecule has 0 bridgehead atoms. The van der Waals surface area contributed by atoms with Crippen molar-refractivity contribution >= 4 is 38.9 Å². The number of nitrogens with zero attached hydrogens (tertiary/aromatic N) is 1. The number of carbonyl (C=O) groups excluding carboxylic acids is 1. The Bertz CT molecular complexity index is 935. The average Bonchev–Trinajstić information content (AvgIpc) is 2.55. The highest BCUT2D eigenvalue weighted by Crippen LogP contribution is 2.37. The summed E-state index contributed by atoms with van der Waals surface area (Å²) in [6.45, 7) is -0.244. The van der Waals surface area contributed by atoms with E-state index in [1.165, 1.54) is 36.4 Å². The molecule has 132 valence electrons. The molecule has 0 aromatic heterocycles. The van der Waals surface area contributed by atoms with Crippen molar-refractivity contribution in [3.05, 3.63) is 53.3 Å². The number of sulfonamides is 1. The van der Waals surface area contributed by atoms with Crippen LogP contribution >= 0.6 is 11.6 Å². The Kier molecular flexibility index (Phi) is 4.57. The molecule has 1 N–H and O–H groups in total. The van der Waals surface area contributed by atoms with Crippen LogP contribution < -0.4 is 14.4 Å². The third-order valence-corrected chi connectivity index (χ3v) is 5.00. The zero-order valence-corrected chi connectivity index (χ0v) is 14.6. The van der Waals surface area contributed by atoms with Gasteiger partial charge in [0, 0.05) is 5.02 Å². The summed E-state index contributed by atoms with van der Waals surface area (Å²) in [4.78, 5) is 12.4. The van der Waals surface area contributed by atoms with Crippen molar-refractivity contribution in [1.82, 2.24) is 0 Å². The van der Waals surface area contributed by atoms with Gasteiger partial charge in [-0.15, -0.1) is 0 Å². The molecule has 0 unspecified atom stereocenters. The molecule has 1 aliphatic heterocycles. The van der Waals surface area contributed by atoms with E-state index in [0.717, 1.165) is 10.6 Å². The Balaban J connectivity index is 1.90. The van der Waals surface area contributed by atoms with Gasteiger partial charge in [-0.05, 0) is 30.3 Å². The minimum absolute atomic E-state index is 0.0103. The number of hydrogen-bond acceptors (Lipinski definition) is 4. The highest BCUT2D eigenvalue weighted by Gasteiger charge is 2.35. The van der Waals surface area contributed by atoms with Gasteiger partial charge in [0.05, 0.1) is 24.2 Å². The highest BCUT2D eigenvalue weighted by atomic mass is 35.5. The van der Waals surface area contributed by atoms with Crippen molar-refractivity contribution in [2.45, 2.75) is 6.10 Å². The Morgan fingerprint density at radius 3 is 2.72 bits per heavy atom. The van der Waals surface area contributed by atoms with Crippen LogP contribution in [0.3, 0.4) is 0 Å². The Morgan fingerprint density at radius 2 is 2.04 bits per heavy atom. The number of rotatable bonds is 3. The summed E-state index contributed by atoms with van der Waals surface area (Å²) in [6, 6.07) is 10.1. The molecule has 3 rings (SSSR count). The zero-order valence-electron chi connectivity index (χ0n) is 13.1. The van der Waals surface area contributed by atoms with E-state index in [1.807, 2.05) is 0 Å². The predicted molar refractivity (Wildman–Crippen MR) is 93.1 cm³/mol. The summed E-state index contributed by atoms with van der Waals surface area (Å²) in [5.74, 6) is -1.05. The van der Waals surface area contributed by atoms with Crippen LogP contribution in [0.5, 0.6) is 5.75 Å². The van der Waals surface area contributed by atoms with Crippen LogP contribution in [-0.2, 0) is 14.8 Å². The van der Waals surface area contributed by atoms with Crippen molar-refractivity contribution in [3.8, 4) is 5.75 Å². The normalized spacial score (nSPS) is 16.8. The minimum atomic E-state index is -3.66. The molecule has 1 heterocycles. The van der Waals surface area contributed by atoms with Crippen LogP contribution in [0.15, 0.2) is 42.5 Å². The predicted octanol–water partition coefficient (Wildman–Crippen LogP) is 2.64. The lowest BCUT2D eigenvalue weighted by atomic mass is 10.2. The van der Waals surface area contributed by atoms with Gasteiger partial charge >= 0.3 is 0 Å². The maximum Gasteiger partial charge on any atom is 0.267 e. The topological polar surface area (TPSA) is 75.7 Å². The highest BCUT2D eigenvalue weighted by molar-refractivity contribution is 7.92. The van der Waals surface area contributed by atoms with Crippen molar-refractivity contribution in [2.75, 3.05) is 22.4 Å². The zero-order chi connectivity index (χ0) is 18.2. The van der Waals surface area contributed by atoms with Crippen LogP contribution in [0.2, 0.25) is 5.02 Å². The molecule has 0 spiro atoms. The van der Waals surface area contributed by atoms with Gasteiger partial charge in [0.25, 0.3) is 5.91 Å². The van der Waals surface area contributed by atoms with Gasteiger partial charge in [-0.3, -0.25) is 9.10 Å². The summed E-state index contributed by atoms with van der Waals surface area (Å²) < 4.78 is 44.5. The molecule has 2 aromatic rings. The molecule has 0 saturated heterocycles. The number of benzene rings is 2. The van der Waals surface area contributed by atoms with E-state index in [4.69, 9.17) is 16.3 Å². The largest absolute Gasteiger partial charge is 0.476 e. The fourth-order valence-electron chi connectivity index (χ4n) is 2.45. The number of anilines is 2. The number of halogens is 2. The van der Waals surface area contributed by atoms with E-state index in [9.17, 15) is 17.6 Å². The molecule has 1 amide bonds. The first-order valence-electron chi connectivity index (χ1n) is 7.25. The van der Waals surface area contributed by atoms with E-state index >= 15 is 0 Å². The lowest BCUT2D eigenvalue weighted by Crippen LogP contribution is -2.48. The molecule has 0 radical (unpaired) electrons. The molecule has 0 fully saturated rings. The second kappa shape index (κ2) is 6.53. The summed E-state index contributed by atoms with van der Waals surface area (Å²) >= 11 is 5.92. The monoisotopic (exact) mass is 384 g/mol. The van der Waals surface area contributed by atoms with Crippen LogP contribution in [-0.4, -0.2) is 33.2 Å². The molecule has 9 heteroatoms. The van der Waals surface area contributed by atoms with Gasteiger partial charge in [-0.2, -0.15) is 0 Å². The van der Waals surface area contributed by atoms with E-state index < -0.39 is 27.9 Å². The summed E-state index contributed by atoms with van der Waals surface area (Å²) in [5, 5.41) is 2.75. The number of fused-ring (bicyclic) bond motifs is 1. The lowest BCUT2D eigenvalue weighted by molar-refractivity contribution is -0.122. The standard InChI is InChI=1S/C16H14ClFN2O4S/c1-25(22,23)20-9-15(24-14-7-6-10(17)8-13(14)20)16(21)19-12-5-3-2-4-11(12)18/h2-8,15H,9H2,1H3,(H,19,21)/t15-/m1/s1. The Morgan fingerprint density at radius 1 is 1.32 bits per heavy atom. The molecule has 2 aromatic carbocycles. The van der Waals surface area contributed by atoms with Crippen molar-refractivity contribution in [1.29, 1.82) is 0 Å². The number of para-hydroxylation sites is 1. The number of amides is 1. The fraction of sp³-hybridized carbons (Fsp3) is 0.188. The molecule has 6 nitrogen and oxygen atoms in total. The van der Waals surface area contributed by atoms with Gasteiger partial charge in [0.15, 0.2) is 6.10 Å². The van der Waals surface area contributed by atoms with Gasteiger partial charge in [0.2, 0.25) is 10.0 Å². The molecule has 0 aliphatic carbocycles. The van der Waals surface area contributed by atoms with E-state index in [2.05, 4.69) is 5.32 Å². The summed E-state index contributed by atoms with van der Waals surface area (Å²) in [5.41, 5.74) is 0.244. The first kappa shape index (κ1) is 17.5. The summed E-state index contributed by atoms with van der Waals surface area (Å²) in [7, 11) is -3.66. The Hall–Kier alpha value is -2.32. The maximum absolute atomic E-state index is 13.7. The molecule has 1 aliphatic rings. The SMILES string of the molecule is CS(=O)(=O)N1C[C@H](C(=O)Nc2ccccc2F)Oc2ccc(Cl)cc21. The minimum Gasteiger partial charge on any atom is -0.476 e. The van der Waals surface area contributed by atoms with Crippen molar-refractivity contribution in [3.63, 3.8) is 0 Å². The van der Waals surface area contributed by atoms with E-state index in [-0.39, 0.29) is 23.7 Å². The second-order valence-electron chi connectivity index (χ2n) is 5.48. The third kappa shape index (κ3) is 3.69. The fourth-order valence-corrected chi connectivity index (χ4v) is 3.52. The Labute approximate surface area is 149 Å². The van der Waals surface area contributed by atoms with Crippen molar-refractivity contribution < 1.29 is 22.3 Å². The van der Waals surface area contributed by atoms with Crippen molar-refractivity contribution in [2.24, 2.45) is 0 Å². The van der Waals surface area contributed by atoms with E-state index in [0.29, 0.717) is 5.02 Å². The van der Waals surface area contributed by atoms with Gasteiger partial charge in [-0.1, -0.05) is 23.7 Å². The van der Waals surface area contributed by atoms with Crippen LogP contribution in [0, 0.1) is 5.82 Å². The molecule has 0 saturated carbocycles. The van der Waals surface area contributed by atoms with E-state index in [1.54, 1.807) is 6.07 Å². The average molecular weight is 385 g/mol. The van der Waals surface area contributed by atoms with Crippen LogP contribution in [0.1, 0.15) is 0 Å². The third-order valence-electron chi connectivity index (χ3n) is 3.62. The first-order chi connectivity index (χ1) is 11.8. The van der Waals surface area contributed by atoms with Crippen LogP contribution in [0.4, 0.5) is 15.8 Å². The lowest BCUT2D eigenvalue weighted by Gasteiger charge is -2.34. The number of carbonyl (C=O) groups is 1. The summed E-state index contributed by atoms with van der Waals surface area (Å²) in [6.07, 6.45) is -0.113. The molecular weight excluding hydrogens is 371 g/mol. The first-order valence-corrected chi connectivity index (χ1v) is 9.47. The van der Waals surface area contributed by atoms with Gasteiger partial charge in [-0.25, -0.2) is 12.8 Å².